The van der Waals surface area contributed by atoms with E-state index in [2.05, 4.69) is 14.9 Å². The molecule has 1 aliphatic rings. The zero-order valence-electron chi connectivity index (χ0n) is 9.22. The van der Waals surface area contributed by atoms with Crippen molar-refractivity contribution in [1.29, 1.82) is 0 Å². The minimum absolute atomic E-state index is 0. The SMILES string of the molecule is C.C.NC(NCl)c1ncn([C@@H]2O[C@H](CO)[C@@H](O)[C@H]2O)n1. The van der Waals surface area contributed by atoms with Crippen molar-refractivity contribution in [2.75, 3.05) is 6.61 Å². The molecule has 0 amide bonds. The van der Waals surface area contributed by atoms with Gasteiger partial charge in [0.1, 0.15) is 30.8 Å². The number of hydrogen-bond acceptors (Lipinski definition) is 8. The summed E-state index contributed by atoms with van der Waals surface area (Å²) >= 11 is 5.33. The van der Waals surface area contributed by atoms with Crippen LogP contribution >= 0.6 is 11.8 Å². The van der Waals surface area contributed by atoms with E-state index in [1.54, 1.807) is 0 Å². The number of nitrogens with zero attached hydrogens (tertiary/aromatic N) is 3. The molecule has 1 unspecified atom stereocenters. The molecule has 1 aliphatic heterocycles. The fraction of sp³-hybridized carbons (Fsp3) is 0.800. The molecule has 6 N–H and O–H groups in total. The molecule has 0 spiro atoms. The summed E-state index contributed by atoms with van der Waals surface area (Å²) in [5.74, 6) is 0.211. The standard InChI is InChI=1S/C8H14ClN5O4.2CH4/c9-12-6(10)7-11-2-14(13-7)8-5(17)4(16)3(1-15)18-8;;/h2-6,8,12,15-17H,1,10H2;2*1H4/t3-,4-,5-,6?,8-;;/m1../s1. The molecule has 9 nitrogen and oxygen atoms in total. The predicted octanol–water partition coefficient (Wildman–Crippen LogP) is -1.14. The molecule has 1 aromatic heterocycles. The lowest BCUT2D eigenvalue weighted by Crippen LogP contribution is -2.33. The lowest BCUT2D eigenvalue weighted by atomic mass is 10.1. The number of hydrogen-bond donors (Lipinski definition) is 5. The zero-order chi connectivity index (χ0) is 13.3. The van der Waals surface area contributed by atoms with Gasteiger partial charge in [0.15, 0.2) is 12.1 Å². The third kappa shape index (κ3) is 3.44. The molecule has 2 heterocycles. The highest BCUT2D eigenvalue weighted by Crippen LogP contribution is 2.28. The van der Waals surface area contributed by atoms with E-state index in [-0.39, 0.29) is 20.7 Å². The Labute approximate surface area is 122 Å². The minimum Gasteiger partial charge on any atom is -0.394 e. The molecule has 1 saturated heterocycles. The Morgan fingerprint density at radius 1 is 1.45 bits per heavy atom. The fourth-order valence-corrected chi connectivity index (χ4v) is 1.80. The van der Waals surface area contributed by atoms with Crippen LogP contribution in [-0.4, -0.2) is 55.0 Å². The van der Waals surface area contributed by atoms with Gasteiger partial charge in [-0.1, -0.05) is 14.9 Å². The third-order valence-corrected chi connectivity index (χ3v) is 2.93. The van der Waals surface area contributed by atoms with Gasteiger partial charge in [0, 0.05) is 0 Å². The van der Waals surface area contributed by atoms with Crippen LogP contribution in [0.1, 0.15) is 33.1 Å². The van der Waals surface area contributed by atoms with Crippen LogP contribution in [0.25, 0.3) is 0 Å². The molecule has 118 valence electrons. The van der Waals surface area contributed by atoms with E-state index in [0.29, 0.717) is 0 Å². The lowest BCUT2D eigenvalue weighted by Gasteiger charge is -2.14. The van der Waals surface area contributed by atoms with Gasteiger partial charge in [-0.25, -0.2) is 14.5 Å². The van der Waals surface area contributed by atoms with Crippen molar-refractivity contribution in [3.63, 3.8) is 0 Å². The highest BCUT2D eigenvalue weighted by molar-refractivity contribution is 6.13. The quantitative estimate of drug-likeness (QED) is 0.347. The Morgan fingerprint density at radius 2 is 2.10 bits per heavy atom. The fourth-order valence-electron chi connectivity index (χ4n) is 1.70. The molecular formula is C10H22ClN5O4. The van der Waals surface area contributed by atoms with Crippen molar-refractivity contribution in [3.05, 3.63) is 12.2 Å². The molecule has 5 atom stereocenters. The van der Waals surface area contributed by atoms with Crippen LogP contribution in [0.4, 0.5) is 0 Å². The number of ether oxygens (including phenoxy) is 1. The number of rotatable bonds is 4. The van der Waals surface area contributed by atoms with Gasteiger partial charge in [0.25, 0.3) is 0 Å². The van der Waals surface area contributed by atoms with Gasteiger partial charge in [-0.05, 0) is 11.8 Å². The first-order chi connectivity index (χ1) is 8.58. The monoisotopic (exact) mass is 311 g/mol. The van der Waals surface area contributed by atoms with Crippen LogP contribution < -0.4 is 10.6 Å². The molecule has 0 saturated carbocycles. The first kappa shape index (κ1) is 19.2. The van der Waals surface area contributed by atoms with Crippen LogP contribution in [0.3, 0.4) is 0 Å². The molecule has 0 aliphatic carbocycles. The van der Waals surface area contributed by atoms with Crippen LogP contribution in [0.15, 0.2) is 6.33 Å². The van der Waals surface area contributed by atoms with Gasteiger partial charge in [-0.2, -0.15) is 5.10 Å². The Morgan fingerprint density at radius 3 is 2.60 bits per heavy atom. The van der Waals surface area contributed by atoms with Gasteiger partial charge < -0.3 is 25.8 Å². The van der Waals surface area contributed by atoms with Crippen molar-refractivity contribution in [3.8, 4) is 0 Å². The molecule has 1 aromatic rings. The van der Waals surface area contributed by atoms with Crippen molar-refractivity contribution in [2.24, 2.45) is 5.73 Å². The maximum Gasteiger partial charge on any atom is 0.183 e. The van der Waals surface area contributed by atoms with E-state index in [9.17, 15) is 10.2 Å². The molecule has 10 heteroatoms. The first-order valence-corrected chi connectivity index (χ1v) is 5.61. The summed E-state index contributed by atoms with van der Waals surface area (Å²) < 4.78 is 6.48. The second kappa shape index (κ2) is 7.84. The van der Waals surface area contributed by atoms with Crippen molar-refractivity contribution >= 4 is 11.8 Å². The summed E-state index contributed by atoms with van der Waals surface area (Å²) in [6, 6.07) is 0. The number of aromatic nitrogens is 3. The Kier molecular flexibility index (Phi) is 7.52. The summed E-state index contributed by atoms with van der Waals surface area (Å²) in [5.41, 5.74) is 5.55. The van der Waals surface area contributed by atoms with Gasteiger partial charge in [-0.15, -0.1) is 0 Å². The number of nitrogens with one attached hydrogen (secondary N) is 1. The second-order valence-corrected chi connectivity index (χ2v) is 4.12. The molecule has 2 rings (SSSR count). The molecule has 20 heavy (non-hydrogen) atoms. The maximum absolute atomic E-state index is 9.77. The Hall–Kier alpha value is -0.810. The average Bonchev–Trinajstić information content (AvgIpc) is 2.96. The predicted molar refractivity (Wildman–Crippen MR) is 72.4 cm³/mol. The van der Waals surface area contributed by atoms with Crippen LogP contribution in [0.5, 0.6) is 0 Å². The Balaban J connectivity index is 0.00000180. The Bertz CT molecular complexity index is 407. The van der Waals surface area contributed by atoms with E-state index in [1.807, 2.05) is 0 Å². The number of nitrogens with two attached hydrogens (primary N) is 1. The van der Waals surface area contributed by atoms with Gasteiger partial charge >= 0.3 is 0 Å². The van der Waals surface area contributed by atoms with Gasteiger partial charge in [0.2, 0.25) is 0 Å². The number of halogens is 1. The zero-order valence-corrected chi connectivity index (χ0v) is 9.97. The average molecular weight is 312 g/mol. The largest absolute Gasteiger partial charge is 0.394 e. The highest BCUT2D eigenvalue weighted by atomic mass is 35.5. The molecule has 0 radical (unpaired) electrons. The summed E-state index contributed by atoms with van der Waals surface area (Å²) in [6.07, 6.45) is -3.66. The first-order valence-electron chi connectivity index (χ1n) is 5.23. The van der Waals surface area contributed by atoms with E-state index in [4.69, 9.17) is 27.4 Å². The third-order valence-electron chi connectivity index (χ3n) is 2.70. The summed E-state index contributed by atoms with van der Waals surface area (Å²) in [6.45, 7) is -0.404. The van der Waals surface area contributed by atoms with Crippen LogP contribution in [0, 0.1) is 0 Å². The molecule has 0 bridgehead atoms. The van der Waals surface area contributed by atoms with E-state index in [1.165, 1.54) is 11.0 Å². The topological polar surface area (TPSA) is 139 Å². The maximum atomic E-state index is 9.77. The molecular weight excluding hydrogens is 290 g/mol. The van der Waals surface area contributed by atoms with Crippen LogP contribution in [0.2, 0.25) is 0 Å². The van der Waals surface area contributed by atoms with Gasteiger partial charge in [-0.3, -0.25) is 0 Å². The second-order valence-electron chi connectivity index (χ2n) is 3.90. The molecule has 0 aromatic carbocycles. The minimum atomic E-state index is -1.21. The number of aliphatic hydroxyl groups is 3. The summed E-state index contributed by atoms with van der Waals surface area (Å²) in [7, 11) is 0. The lowest BCUT2D eigenvalue weighted by molar-refractivity contribution is -0.0589. The van der Waals surface area contributed by atoms with Crippen molar-refractivity contribution in [1.82, 2.24) is 19.6 Å². The normalized spacial score (nSPS) is 30.4. The van der Waals surface area contributed by atoms with E-state index < -0.39 is 37.3 Å². The molecule has 1 fully saturated rings. The summed E-state index contributed by atoms with van der Waals surface area (Å²) in [5, 5.41) is 32.3. The van der Waals surface area contributed by atoms with E-state index in [0.717, 1.165) is 0 Å². The van der Waals surface area contributed by atoms with Crippen molar-refractivity contribution in [2.45, 2.75) is 45.6 Å². The highest BCUT2D eigenvalue weighted by Gasteiger charge is 2.43. The van der Waals surface area contributed by atoms with Gasteiger partial charge in [0.05, 0.1) is 6.61 Å². The van der Waals surface area contributed by atoms with E-state index >= 15 is 0 Å². The van der Waals surface area contributed by atoms with Crippen LogP contribution in [-0.2, 0) is 4.74 Å². The van der Waals surface area contributed by atoms with Crippen molar-refractivity contribution < 1.29 is 20.1 Å². The summed E-state index contributed by atoms with van der Waals surface area (Å²) in [4.78, 5) is 6.13. The number of aliphatic hydroxyl groups excluding tert-OH is 3. The smallest absolute Gasteiger partial charge is 0.183 e.